The van der Waals surface area contributed by atoms with E-state index in [1.54, 1.807) is 29.2 Å². The van der Waals surface area contributed by atoms with Crippen molar-refractivity contribution in [2.75, 3.05) is 35.7 Å². The van der Waals surface area contributed by atoms with Crippen LogP contribution in [0, 0.1) is 5.82 Å². The van der Waals surface area contributed by atoms with Gasteiger partial charge in [0, 0.05) is 23.5 Å². The van der Waals surface area contributed by atoms with E-state index in [0.29, 0.717) is 18.8 Å². The van der Waals surface area contributed by atoms with Crippen molar-refractivity contribution in [3.63, 3.8) is 0 Å². The van der Waals surface area contributed by atoms with Gasteiger partial charge in [-0.05, 0) is 42.5 Å². The van der Waals surface area contributed by atoms with Crippen LogP contribution < -0.4 is 16.0 Å². The first-order valence-corrected chi connectivity index (χ1v) is 7.39. The molecule has 1 saturated heterocycles. The van der Waals surface area contributed by atoms with E-state index in [1.165, 1.54) is 12.1 Å². The third kappa shape index (κ3) is 3.36. The number of nitrogen functional groups attached to an aromatic ring is 1. The summed E-state index contributed by atoms with van der Waals surface area (Å²) in [5, 5.41) is 2.70. The van der Waals surface area contributed by atoms with E-state index in [1.807, 2.05) is 0 Å². The maximum absolute atomic E-state index is 13.1. The highest BCUT2D eigenvalue weighted by Gasteiger charge is 2.20. The maximum Gasteiger partial charge on any atom is 0.255 e. The zero-order chi connectivity index (χ0) is 17.1. The second kappa shape index (κ2) is 6.67. The summed E-state index contributed by atoms with van der Waals surface area (Å²) < 4.78 is 18.2. The topological polar surface area (TPSA) is 84.7 Å². The van der Waals surface area contributed by atoms with E-state index in [0.717, 1.165) is 11.8 Å². The highest BCUT2D eigenvalue weighted by atomic mass is 19.1. The monoisotopic (exact) mass is 329 g/mol. The Kier molecular flexibility index (Phi) is 4.43. The number of nitrogens with one attached hydrogen (secondary N) is 1. The molecule has 3 rings (SSSR count). The Hall–Kier alpha value is -2.93. The standard InChI is InChI=1S/C17H16FN3O3/c18-14-6-1-11(9-15(14)19)17(23)20-12-2-4-13(5-3-12)21-7-8-24-10-16(21)22/h1-6,9H,7-8,10,19H2,(H,20,23). The molecular weight excluding hydrogens is 313 g/mol. The van der Waals surface area contributed by atoms with Gasteiger partial charge >= 0.3 is 0 Å². The second-order valence-electron chi connectivity index (χ2n) is 5.34. The van der Waals surface area contributed by atoms with Crippen LogP contribution in [0.15, 0.2) is 42.5 Å². The minimum Gasteiger partial charge on any atom is -0.396 e. The number of anilines is 3. The van der Waals surface area contributed by atoms with E-state index in [9.17, 15) is 14.0 Å². The number of morpholine rings is 1. The van der Waals surface area contributed by atoms with Gasteiger partial charge in [-0.15, -0.1) is 0 Å². The number of halogens is 1. The molecule has 2 aromatic rings. The summed E-state index contributed by atoms with van der Waals surface area (Å²) in [5.41, 5.74) is 6.96. The molecule has 1 fully saturated rings. The average molecular weight is 329 g/mol. The van der Waals surface area contributed by atoms with Crippen molar-refractivity contribution in [1.82, 2.24) is 0 Å². The van der Waals surface area contributed by atoms with Crippen molar-refractivity contribution in [2.24, 2.45) is 0 Å². The van der Waals surface area contributed by atoms with Crippen LogP contribution in [0.25, 0.3) is 0 Å². The molecule has 124 valence electrons. The molecule has 6 nitrogen and oxygen atoms in total. The van der Waals surface area contributed by atoms with Gasteiger partial charge in [0.1, 0.15) is 12.4 Å². The fourth-order valence-electron chi connectivity index (χ4n) is 2.40. The number of carbonyl (C=O) groups excluding carboxylic acids is 2. The van der Waals surface area contributed by atoms with Crippen LogP contribution in [0.2, 0.25) is 0 Å². The first kappa shape index (κ1) is 15.9. The zero-order valence-corrected chi connectivity index (χ0v) is 12.8. The molecule has 0 atom stereocenters. The lowest BCUT2D eigenvalue weighted by Gasteiger charge is -2.26. The second-order valence-corrected chi connectivity index (χ2v) is 5.34. The molecule has 3 N–H and O–H groups in total. The van der Waals surface area contributed by atoms with Crippen molar-refractivity contribution in [3.05, 3.63) is 53.8 Å². The Balaban J connectivity index is 1.70. The van der Waals surface area contributed by atoms with E-state index in [2.05, 4.69) is 5.32 Å². The van der Waals surface area contributed by atoms with Gasteiger partial charge in [-0.25, -0.2) is 4.39 Å². The summed E-state index contributed by atoms with van der Waals surface area (Å²) in [7, 11) is 0. The minimum absolute atomic E-state index is 0.0739. The lowest BCUT2D eigenvalue weighted by molar-refractivity contribution is -0.125. The molecule has 2 amide bonds. The van der Waals surface area contributed by atoms with Gasteiger partial charge in [0.15, 0.2) is 0 Å². The molecule has 0 aromatic heterocycles. The lowest BCUT2D eigenvalue weighted by Crippen LogP contribution is -2.41. The van der Waals surface area contributed by atoms with Crippen LogP contribution in [-0.2, 0) is 9.53 Å². The number of rotatable bonds is 3. The fraction of sp³-hybridized carbons (Fsp3) is 0.176. The molecule has 1 aliphatic rings. The van der Waals surface area contributed by atoms with Gasteiger partial charge in [0.2, 0.25) is 0 Å². The molecule has 1 heterocycles. The maximum atomic E-state index is 13.1. The number of carbonyl (C=O) groups is 2. The fourth-order valence-corrected chi connectivity index (χ4v) is 2.40. The number of hydrogen-bond acceptors (Lipinski definition) is 4. The van der Waals surface area contributed by atoms with E-state index in [-0.39, 0.29) is 23.8 Å². The molecule has 0 aliphatic carbocycles. The van der Waals surface area contributed by atoms with Crippen molar-refractivity contribution < 1.29 is 18.7 Å². The van der Waals surface area contributed by atoms with Crippen LogP contribution >= 0.6 is 0 Å². The van der Waals surface area contributed by atoms with Gasteiger partial charge in [-0.3, -0.25) is 9.59 Å². The van der Waals surface area contributed by atoms with E-state index in [4.69, 9.17) is 10.5 Å². The molecule has 2 aromatic carbocycles. The highest BCUT2D eigenvalue weighted by molar-refractivity contribution is 6.05. The summed E-state index contributed by atoms with van der Waals surface area (Å²) >= 11 is 0. The van der Waals surface area contributed by atoms with Crippen molar-refractivity contribution in [2.45, 2.75) is 0 Å². The number of benzene rings is 2. The quantitative estimate of drug-likeness (QED) is 0.844. The molecule has 0 radical (unpaired) electrons. The van der Waals surface area contributed by atoms with Crippen molar-refractivity contribution in [1.29, 1.82) is 0 Å². The smallest absolute Gasteiger partial charge is 0.255 e. The summed E-state index contributed by atoms with van der Waals surface area (Å²) in [6.45, 7) is 1.07. The molecule has 7 heteroatoms. The minimum atomic E-state index is -0.564. The van der Waals surface area contributed by atoms with Crippen LogP contribution in [0.5, 0.6) is 0 Å². The highest BCUT2D eigenvalue weighted by Crippen LogP contribution is 2.20. The Labute approximate surface area is 138 Å². The lowest BCUT2D eigenvalue weighted by atomic mass is 10.1. The molecule has 0 saturated carbocycles. The normalized spacial score (nSPS) is 14.5. The van der Waals surface area contributed by atoms with Crippen molar-refractivity contribution in [3.8, 4) is 0 Å². The summed E-state index contributed by atoms with van der Waals surface area (Å²) in [4.78, 5) is 25.6. The van der Waals surface area contributed by atoms with Crippen LogP contribution in [0.1, 0.15) is 10.4 Å². The predicted octanol–water partition coefficient (Wildman–Crippen LogP) is 2.02. The SMILES string of the molecule is Nc1cc(C(=O)Nc2ccc(N3CCOCC3=O)cc2)ccc1F. The first-order chi connectivity index (χ1) is 11.5. The summed E-state index contributed by atoms with van der Waals surface area (Å²) in [6.07, 6.45) is 0. The summed E-state index contributed by atoms with van der Waals surface area (Å²) in [5.74, 6) is -1.05. The van der Waals surface area contributed by atoms with E-state index >= 15 is 0 Å². The Morgan fingerprint density at radius 1 is 1.21 bits per heavy atom. The third-order valence-electron chi connectivity index (χ3n) is 3.68. The number of nitrogens with two attached hydrogens (primary N) is 1. The molecule has 0 spiro atoms. The van der Waals surface area contributed by atoms with Gasteiger partial charge in [0.05, 0.1) is 12.3 Å². The van der Waals surface area contributed by atoms with E-state index < -0.39 is 11.7 Å². The van der Waals surface area contributed by atoms with Crippen LogP contribution in [0.4, 0.5) is 21.5 Å². The van der Waals surface area contributed by atoms with Crippen LogP contribution in [0.3, 0.4) is 0 Å². The zero-order valence-electron chi connectivity index (χ0n) is 12.8. The van der Waals surface area contributed by atoms with Gasteiger partial charge in [0.25, 0.3) is 11.8 Å². The summed E-state index contributed by atoms with van der Waals surface area (Å²) in [6, 6.07) is 10.7. The number of ether oxygens (including phenoxy) is 1. The largest absolute Gasteiger partial charge is 0.396 e. The number of hydrogen-bond donors (Lipinski definition) is 2. The molecule has 24 heavy (non-hydrogen) atoms. The predicted molar refractivity (Wildman–Crippen MR) is 88.4 cm³/mol. The Morgan fingerprint density at radius 2 is 1.96 bits per heavy atom. The molecular formula is C17H16FN3O3. The molecule has 1 aliphatic heterocycles. The number of nitrogens with zero attached hydrogens (tertiary/aromatic N) is 1. The first-order valence-electron chi connectivity index (χ1n) is 7.39. The Morgan fingerprint density at radius 3 is 2.62 bits per heavy atom. The third-order valence-corrected chi connectivity index (χ3v) is 3.68. The Bertz CT molecular complexity index is 777. The van der Waals surface area contributed by atoms with Crippen LogP contribution in [-0.4, -0.2) is 31.6 Å². The molecule has 0 unspecified atom stereocenters. The number of amides is 2. The van der Waals surface area contributed by atoms with Crippen molar-refractivity contribution >= 4 is 28.9 Å². The van der Waals surface area contributed by atoms with Gasteiger partial charge in [-0.2, -0.15) is 0 Å². The van der Waals surface area contributed by atoms with Gasteiger partial charge in [-0.1, -0.05) is 0 Å². The van der Waals surface area contributed by atoms with Gasteiger partial charge < -0.3 is 20.7 Å². The average Bonchev–Trinajstić information content (AvgIpc) is 2.58. The molecule has 0 bridgehead atoms.